The second-order valence-electron chi connectivity index (χ2n) is 4.89. The Balaban J connectivity index is 2.37. The van der Waals surface area contributed by atoms with E-state index in [2.05, 4.69) is 51.2 Å². The molecule has 0 spiro atoms. The lowest BCUT2D eigenvalue weighted by molar-refractivity contribution is 0.512. The van der Waals surface area contributed by atoms with E-state index in [0.29, 0.717) is 6.04 Å². The fourth-order valence-corrected chi connectivity index (χ4v) is 2.21. The highest BCUT2D eigenvalue weighted by molar-refractivity contribution is 5.28. The largest absolute Gasteiger partial charge is 0.314 e. The maximum atomic E-state index is 3.57. The van der Waals surface area contributed by atoms with Gasteiger partial charge in [-0.3, -0.25) is 0 Å². The Morgan fingerprint density at radius 3 is 2.31 bits per heavy atom. The summed E-state index contributed by atoms with van der Waals surface area (Å²) in [6, 6.07) is 7.46. The van der Waals surface area contributed by atoms with Gasteiger partial charge < -0.3 is 5.32 Å². The molecule has 0 fully saturated rings. The minimum Gasteiger partial charge on any atom is -0.314 e. The van der Waals surface area contributed by atoms with E-state index < -0.39 is 0 Å². The van der Waals surface area contributed by atoms with Gasteiger partial charge in [0, 0.05) is 6.04 Å². The predicted octanol–water partition coefficient (Wildman–Crippen LogP) is 3.62. The van der Waals surface area contributed by atoms with Crippen molar-refractivity contribution in [2.24, 2.45) is 0 Å². The van der Waals surface area contributed by atoms with Crippen LogP contribution in [-0.2, 0) is 6.42 Å². The van der Waals surface area contributed by atoms with Gasteiger partial charge in [0.15, 0.2) is 0 Å². The van der Waals surface area contributed by atoms with E-state index in [1.54, 1.807) is 0 Å². The molecule has 90 valence electrons. The highest BCUT2D eigenvalue weighted by atomic mass is 14.9. The Morgan fingerprint density at radius 2 is 1.75 bits per heavy atom. The van der Waals surface area contributed by atoms with Crippen molar-refractivity contribution in [2.45, 2.75) is 53.0 Å². The lowest BCUT2D eigenvalue weighted by atomic mass is 10.0. The Hall–Kier alpha value is -0.820. The third-order valence-electron chi connectivity index (χ3n) is 2.91. The molecule has 0 aliphatic rings. The number of nitrogens with one attached hydrogen (secondary N) is 1. The molecule has 0 radical (unpaired) electrons. The molecule has 1 atom stereocenters. The van der Waals surface area contributed by atoms with Gasteiger partial charge in [-0.2, -0.15) is 0 Å². The summed E-state index contributed by atoms with van der Waals surface area (Å²) in [4.78, 5) is 0. The highest BCUT2D eigenvalue weighted by Crippen LogP contribution is 2.09. The average molecular weight is 219 g/mol. The Bertz CT molecular complexity index is 297. The van der Waals surface area contributed by atoms with E-state index in [-0.39, 0.29) is 0 Å². The first-order valence-electron chi connectivity index (χ1n) is 6.42. The van der Waals surface area contributed by atoms with Crippen molar-refractivity contribution < 1.29 is 0 Å². The van der Waals surface area contributed by atoms with E-state index >= 15 is 0 Å². The quantitative estimate of drug-likeness (QED) is 0.770. The molecule has 0 saturated carbocycles. The van der Waals surface area contributed by atoms with Crippen molar-refractivity contribution in [2.75, 3.05) is 6.54 Å². The van der Waals surface area contributed by atoms with Gasteiger partial charge in [0.2, 0.25) is 0 Å². The summed E-state index contributed by atoms with van der Waals surface area (Å²) in [5.74, 6) is 0. The van der Waals surface area contributed by atoms with Crippen molar-refractivity contribution in [3.63, 3.8) is 0 Å². The maximum Gasteiger partial charge on any atom is 0.00387 e. The van der Waals surface area contributed by atoms with Gasteiger partial charge in [-0.05, 0) is 45.7 Å². The maximum absolute atomic E-state index is 3.57. The van der Waals surface area contributed by atoms with Gasteiger partial charge in [-0.1, -0.05) is 42.7 Å². The van der Waals surface area contributed by atoms with E-state index in [9.17, 15) is 0 Å². The van der Waals surface area contributed by atoms with Gasteiger partial charge in [0.1, 0.15) is 0 Å². The van der Waals surface area contributed by atoms with Crippen LogP contribution in [-0.4, -0.2) is 12.6 Å². The third-order valence-corrected chi connectivity index (χ3v) is 2.91. The summed E-state index contributed by atoms with van der Waals surface area (Å²) in [5.41, 5.74) is 4.20. The van der Waals surface area contributed by atoms with E-state index in [1.165, 1.54) is 29.5 Å². The molecule has 0 heterocycles. The average Bonchev–Trinajstić information content (AvgIpc) is 2.16. The Kier molecular flexibility index (Phi) is 5.54. The van der Waals surface area contributed by atoms with Gasteiger partial charge in [0.25, 0.3) is 0 Å². The molecule has 1 aromatic rings. The zero-order valence-electron chi connectivity index (χ0n) is 11.1. The number of hydrogen-bond acceptors (Lipinski definition) is 1. The lowest BCUT2D eigenvalue weighted by Gasteiger charge is -2.12. The summed E-state index contributed by atoms with van der Waals surface area (Å²) in [6.45, 7) is 9.93. The fraction of sp³-hybridized carbons (Fsp3) is 0.600. The lowest BCUT2D eigenvalue weighted by Crippen LogP contribution is -2.27. The van der Waals surface area contributed by atoms with Gasteiger partial charge >= 0.3 is 0 Å². The van der Waals surface area contributed by atoms with Crippen molar-refractivity contribution in [1.82, 2.24) is 5.32 Å². The van der Waals surface area contributed by atoms with Crippen LogP contribution >= 0.6 is 0 Å². The van der Waals surface area contributed by atoms with Gasteiger partial charge in [-0.25, -0.2) is 0 Å². The molecule has 0 aliphatic carbocycles. The molecule has 1 unspecified atom stereocenters. The highest BCUT2D eigenvalue weighted by Gasteiger charge is 2.00. The van der Waals surface area contributed by atoms with E-state index in [0.717, 1.165) is 13.0 Å². The van der Waals surface area contributed by atoms with Crippen LogP contribution < -0.4 is 5.32 Å². The standard InChI is InChI=1S/C15H25N/c1-5-6-14(4)16-8-7-15-10-12(2)9-13(3)11-15/h9-11,14,16H,5-8H2,1-4H3. The van der Waals surface area contributed by atoms with Crippen molar-refractivity contribution in [3.05, 3.63) is 34.9 Å². The Labute approximate surface area is 100 Å². The molecular weight excluding hydrogens is 194 g/mol. The van der Waals surface area contributed by atoms with Crippen molar-refractivity contribution in [1.29, 1.82) is 0 Å². The molecule has 0 aliphatic heterocycles. The van der Waals surface area contributed by atoms with Crippen LogP contribution in [0.1, 0.15) is 43.4 Å². The first kappa shape index (κ1) is 13.2. The van der Waals surface area contributed by atoms with Crippen molar-refractivity contribution >= 4 is 0 Å². The minimum atomic E-state index is 0.649. The third kappa shape index (κ3) is 4.80. The SMILES string of the molecule is CCCC(C)NCCc1cc(C)cc(C)c1. The first-order valence-corrected chi connectivity index (χ1v) is 6.42. The van der Waals surface area contributed by atoms with E-state index in [1.807, 2.05) is 0 Å². The molecule has 0 bridgehead atoms. The second-order valence-corrected chi connectivity index (χ2v) is 4.89. The van der Waals surface area contributed by atoms with Crippen molar-refractivity contribution in [3.8, 4) is 0 Å². The predicted molar refractivity (Wildman–Crippen MR) is 72.0 cm³/mol. The summed E-state index contributed by atoms with van der Waals surface area (Å²) in [5, 5.41) is 3.57. The van der Waals surface area contributed by atoms with Crippen LogP contribution in [0.3, 0.4) is 0 Å². The molecule has 0 amide bonds. The Morgan fingerprint density at radius 1 is 1.12 bits per heavy atom. The van der Waals surface area contributed by atoms with Crippen LogP contribution in [0, 0.1) is 13.8 Å². The van der Waals surface area contributed by atoms with Crippen LogP contribution in [0.2, 0.25) is 0 Å². The molecule has 0 saturated heterocycles. The molecule has 16 heavy (non-hydrogen) atoms. The minimum absolute atomic E-state index is 0.649. The van der Waals surface area contributed by atoms with Crippen LogP contribution in [0.5, 0.6) is 0 Å². The van der Waals surface area contributed by atoms with E-state index in [4.69, 9.17) is 0 Å². The molecule has 1 heteroatoms. The summed E-state index contributed by atoms with van der Waals surface area (Å²) in [6.07, 6.45) is 3.67. The molecule has 1 aromatic carbocycles. The van der Waals surface area contributed by atoms with Gasteiger partial charge in [-0.15, -0.1) is 0 Å². The molecule has 1 nitrogen and oxygen atoms in total. The summed E-state index contributed by atoms with van der Waals surface area (Å²) < 4.78 is 0. The second kappa shape index (κ2) is 6.70. The molecule has 1 rings (SSSR count). The topological polar surface area (TPSA) is 12.0 Å². The molecule has 0 aromatic heterocycles. The smallest absolute Gasteiger partial charge is 0.00387 e. The van der Waals surface area contributed by atoms with Crippen LogP contribution in [0.4, 0.5) is 0 Å². The van der Waals surface area contributed by atoms with Crippen LogP contribution in [0.15, 0.2) is 18.2 Å². The normalized spacial score (nSPS) is 12.8. The number of benzene rings is 1. The number of hydrogen-bond donors (Lipinski definition) is 1. The first-order chi connectivity index (χ1) is 7.61. The fourth-order valence-electron chi connectivity index (χ4n) is 2.21. The number of aryl methyl sites for hydroxylation is 2. The summed E-state index contributed by atoms with van der Waals surface area (Å²) >= 11 is 0. The zero-order valence-corrected chi connectivity index (χ0v) is 11.1. The van der Waals surface area contributed by atoms with Gasteiger partial charge in [0.05, 0.1) is 0 Å². The monoisotopic (exact) mass is 219 g/mol. The number of rotatable bonds is 6. The molecular formula is C15H25N. The van der Waals surface area contributed by atoms with Crippen LogP contribution in [0.25, 0.3) is 0 Å². The zero-order chi connectivity index (χ0) is 12.0. The molecule has 1 N–H and O–H groups in total. The summed E-state index contributed by atoms with van der Waals surface area (Å²) in [7, 11) is 0.